The summed E-state index contributed by atoms with van der Waals surface area (Å²) in [6, 6.07) is 9.38. The highest BCUT2D eigenvalue weighted by atomic mass is 79.9. The Morgan fingerprint density at radius 1 is 1.12 bits per heavy atom. The first-order valence-electron chi connectivity index (χ1n) is 12.5. The molecule has 0 unspecified atom stereocenters. The largest absolute Gasteiger partial charge is 0.492 e. The van der Waals surface area contributed by atoms with Gasteiger partial charge < -0.3 is 29.7 Å². The molecule has 3 N–H and O–H groups in total. The lowest BCUT2D eigenvalue weighted by Crippen LogP contribution is -2.15. The molecule has 1 saturated carbocycles. The number of carbonyl (C=O) groups is 2. The molecule has 0 radical (unpaired) electrons. The second-order valence-corrected chi connectivity index (χ2v) is 10.5. The van der Waals surface area contributed by atoms with Gasteiger partial charge in [-0.1, -0.05) is 0 Å². The quantitative estimate of drug-likeness (QED) is 0.159. The minimum absolute atomic E-state index is 0.386. The summed E-state index contributed by atoms with van der Waals surface area (Å²) in [5.74, 6) is -2.42. The lowest BCUT2D eigenvalue weighted by atomic mass is 10.1. The predicted molar refractivity (Wildman–Crippen MR) is 150 cm³/mol. The summed E-state index contributed by atoms with van der Waals surface area (Å²) in [4.78, 5) is 20.3. The Morgan fingerprint density at radius 2 is 1.78 bits per heavy atom. The zero-order valence-electron chi connectivity index (χ0n) is 22.1. The predicted octanol–water partition coefficient (Wildman–Crippen LogP) is 5.93. The van der Waals surface area contributed by atoms with E-state index in [4.69, 9.17) is 24.5 Å². The fourth-order valence-electron chi connectivity index (χ4n) is 4.26. The van der Waals surface area contributed by atoms with Crippen molar-refractivity contribution in [3.05, 3.63) is 52.6 Å². The summed E-state index contributed by atoms with van der Waals surface area (Å²) in [6.07, 6.45) is 0.434. The van der Waals surface area contributed by atoms with Crippen LogP contribution in [-0.2, 0) is 15.8 Å². The Kier molecular flexibility index (Phi) is 9.02. The van der Waals surface area contributed by atoms with Gasteiger partial charge in [-0.05, 0) is 85.7 Å². The van der Waals surface area contributed by atoms with Gasteiger partial charge in [0.1, 0.15) is 5.75 Å². The number of hydrogen-bond donors (Lipinski definition) is 3. The van der Waals surface area contributed by atoms with Gasteiger partial charge in [0, 0.05) is 23.7 Å². The summed E-state index contributed by atoms with van der Waals surface area (Å²) in [6.45, 7) is 1.51. The van der Waals surface area contributed by atoms with E-state index in [1.807, 2.05) is 20.2 Å². The van der Waals surface area contributed by atoms with Gasteiger partial charge in [-0.25, -0.2) is 9.59 Å². The maximum absolute atomic E-state index is 13.0. The summed E-state index contributed by atoms with van der Waals surface area (Å²) >= 11 is 3.67. The molecule has 10 nitrogen and oxygen atoms in total. The highest BCUT2D eigenvalue weighted by Crippen LogP contribution is 2.46. The van der Waals surface area contributed by atoms with Crippen LogP contribution < -0.4 is 10.1 Å². The third-order valence-electron chi connectivity index (χ3n) is 6.25. The van der Waals surface area contributed by atoms with Crippen LogP contribution in [0, 0.1) is 0 Å². The fraction of sp³-hybridized carbons (Fsp3) is 0.333. The molecule has 5 rings (SSSR count). The number of hydrogen-bond acceptors (Lipinski definition) is 7. The number of fused-ring (bicyclic) bond motifs is 3. The van der Waals surface area contributed by atoms with Gasteiger partial charge >= 0.3 is 18.1 Å². The van der Waals surface area contributed by atoms with Crippen LogP contribution in [-0.4, -0.2) is 69.1 Å². The first-order valence-corrected chi connectivity index (χ1v) is 13.3. The molecule has 1 fully saturated rings. The van der Waals surface area contributed by atoms with Gasteiger partial charge in [-0.3, -0.25) is 0 Å². The van der Waals surface area contributed by atoms with E-state index in [0.29, 0.717) is 24.2 Å². The van der Waals surface area contributed by atoms with Gasteiger partial charge in [0.15, 0.2) is 5.82 Å². The van der Waals surface area contributed by atoms with Crippen LogP contribution in [0.5, 0.6) is 5.75 Å². The molecule has 0 aliphatic heterocycles. The summed E-state index contributed by atoms with van der Waals surface area (Å²) in [7, 11) is 4.06. The third kappa shape index (κ3) is 7.24. The molecular weight excluding hydrogens is 611 g/mol. The lowest BCUT2D eigenvalue weighted by molar-refractivity contribution is -0.159. The van der Waals surface area contributed by atoms with Gasteiger partial charge in [0.25, 0.3) is 0 Å². The molecule has 2 aromatic carbocycles. The normalized spacial score (nSPS) is 13.2. The highest BCUT2D eigenvalue weighted by Gasteiger charge is 2.31. The van der Waals surface area contributed by atoms with Crippen LogP contribution in [0.1, 0.15) is 30.9 Å². The minimum Gasteiger partial charge on any atom is -0.492 e. The Morgan fingerprint density at radius 3 is 2.34 bits per heavy atom. The van der Waals surface area contributed by atoms with Crippen molar-refractivity contribution in [2.24, 2.45) is 0 Å². The Bertz CT molecular complexity index is 1560. The Balaban J connectivity index is 0.000000585. The van der Waals surface area contributed by atoms with Crippen LogP contribution in [0.4, 0.5) is 24.7 Å². The Labute approximate surface area is 240 Å². The number of halogens is 4. The van der Waals surface area contributed by atoms with Crippen molar-refractivity contribution in [2.45, 2.75) is 31.5 Å². The van der Waals surface area contributed by atoms with Gasteiger partial charge in [-0.2, -0.15) is 18.3 Å². The van der Waals surface area contributed by atoms with Crippen molar-refractivity contribution in [3.63, 3.8) is 0 Å². The van der Waals surface area contributed by atoms with Gasteiger partial charge in [0.05, 0.1) is 39.3 Å². The van der Waals surface area contributed by atoms with E-state index >= 15 is 0 Å². The number of rotatable bonds is 8. The van der Waals surface area contributed by atoms with E-state index in [1.54, 1.807) is 6.20 Å². The zero-order valence-corrected chi connectivity index (χ0v) is 23.7. The average Bonchev–Trinajstić information content (AvgIpc) is 3.68. The first kappa shape index (κ1) is 30.1. The van der Waals surface area contributed by atoms with E-state index < -0.39 is 23.7 Å². The van der Waals surface area contributed by atoms with E-state index in [0.717, 1.165) is 70.0 Å². The molecule has 1 aliphatic carbocycles. The van der Waals surface area contributed by atoms with E-state index in [9.17, 15) is 13.2 Å². The smallest absolute Gasteiger partial charge is 0.416 e. The molecule has 0 bridgehead atoms. The van der Waals surface area contributed by atoms with Crippen molar-refractivity contribution in [2.75, 3.05) is 32.6 Å². The standard InChI is InChI=1S/C25H25BrF3N5O.C2H2O4/c1-33(2)10-3-11-35-22-12-18-20(13-19(22)26)34(17-8-9-17)21-14-30-32-24(23(18)21)31-16-6-4-15(5-7-16)25(27,28)29;3-1(4)2(5)6/h4-7,12-14,17H,3,8-11H2,1-2H3,(H,31,32);(H,3,4)(H,5,6). The SMILES string of the molecule is CN(C)CCCOc1cc2c3c(Nc4ccc(C(F)(F)F)cc4)nncc3n(C3CC3)c2cc1Br.O=C(O)C(=O)O. The number of alkyl halides is 3. The van der Waals surface area contributed by atoms with Crippen molar-refractivity contribution < 1.29 is 37.7 Å². The number of aromatic nitrogens is 3. The van der Waals surface area contributed by atoms with Crippen LogP contribution in [0.2, 0.25) is 0 Å². The second kappa shape index (κ2) is 12.3. The molecule has 4 aromatic rings. The van der Waals surface area contributed by atoms with Crippen LogP contribution in [0.25, 0.3) is 21.8 Å². The number of carboxylic acid groups (broad SMARTS) is 2. The molecule has 2 aromatic heterocycles. The number of benzene rings is 2. The first-order chi connectivity index (χ1) is 19.4. The van der Waals surface area contributed by atoms with Crippen molar-refractivity contribution in [1.29, 1.82) is 0 Å². The van der Waals surface area contributed by atoms with Gasteiger partial charge in [0.2, 0.25) is 0 Å². The molecular formula is C27H27BrF3N5O5. The monoisotopic (exact) mass is 637 g/mol. The van der Waals surface area contributed by atoms with Crippen LogP contribution >= 0.6 is 15.9 Å². The molecule has 0 amide bonds. The number of anilines is 2. The molecule has 0 saturated heterocycles. The summed E-state index contributed by atoms with van der Waals surface area (Å²) < 4.78 is 48.1. The van der Waals surface area contributed by atoms with E-state index in [1.165, 1.54) is 12.1 Å². The lowest BCUT2D eigenvalue weighted by Gasteiger charge is -2.12. The van der Waals surface area contributed by atoms with Gasteiger partial charge in [-0.15, -0.1) is 5.10 Å². The van der Waals surface area contributed by atoms with Crippen LogP contribution in [0.15, 0.2) is 47.1 Å². The molecule has 0 atom stereocenters. The second-order valence-electron chi connectivity index (χ2n) is 9.67. The molecule has 14 heteroatoms. The third-order valence-corrected chi connectivity index (χ3v) is 6.87. The highest BCUT2D eigenvalue weighted by molar-refractivity contribution is 9.10. The van der Waals surface area contributed by atoms with Crippen molar-refractivity contribution in [3.8, 4) is 5.75 Å². The zero-order chi connectivity index (χ0) is 29.9. The molecule has 41 heavy (non-hydrogen) atoms. The number of aliphatic carboxylic acids is 2. The Hall–Kier alpha value is -3.91. The maximum Gasteiger partial charge on any atom is 0.416 e. The minimum atomic E-state index is -4.38. The summed E-state index contributed by atoms with van der Waals surface area (Å²) in [5.41, 5.74) is 1.78. The van der Waals surface area contributed by atoms with Crippen molar-refractivity contribution in [1.82, 2.24) is 19.7 Å². The fourth-order valence-corrected chi connectivity index (χ4v) is 4.71. The molecule has 218 valence electrons. The molecule has 2 heterocycles. The molecule has 0 spiro atoms. The topological polar surface area (TPSA) is 130 Å². The van der Waals surface area contributed by atoms with E-state index in [2.05, 4.69) is 47.0 Å². The van der Waals surface area contributed by atoms with E-state index in [-0.39, 0.29) is 0 Å². The maximum atomic E-state index is 13.0. The summed E-state index contributed by atoms with van der Waals surface area (Å²) in [5, 5.41) is 28.3. The number of nitrogens with zero attached hydrogens (tertiary/aromatic N) is 4. The number of carboxylic acids is 2. The molecule has 1 aliphatic rings. The number of nitrogens with one attached hydrogen (secondary N) is 1. The van der Waals surface area contributed by atoms with Crippen LogP contribution in [0.3, 0.4) is 0 Å². The number of ether oxygens (including phenoxy) is 1. The average molecular weight is 638 g/mol. The van der Waals surface area contributed by atoms with Crippen molar-refractivity contribution >= 4 is 61.2 Å².